The highest BCUT2D eigenvalue weighted by Gasteiger charge is 2.52. The van der Waals surface area contributed by atoms with Crippen molar-refractivity contribution in [3.8, 4) is 0 Å². The molecule has 1 aliphatic carbocycles. The number of esters is 1. The predicted octanol–water partition coefficient (Wildman–Crippen LogP) is 2.73. The van der Waals surface area contributed by atoms with Crippen LogP contribution >= 0.6 is 0 Å². The van der Waals surface area contributed by atoms with Gasteiger partial charge < -0.3 is 4.74 Å². The average molecular weight is 246 g/mol. The zero-order valence-electron chi connectivity index (χ0n) is 10.8. The third-order valence-electron chi connectivity index (χ3n) is 3.35. The Hall–Kier alpha value is -1.71. The van der Waals surface area contributed by atoms with Crippen LogP contribution in [0.3, 0.4) is 0 Å². The molecule has 2 atom stereocenters. The van der Waals surface area contributed by atoms with Gasteiger partial charge in [-0.3, -0.25) is 0 Å². The minimum absolute atomic E-state index is 0.0230. The Morgan fingerprint density at radius 2 is 2.17 bits per heavy atom. The van der Waals surface area contributed by atoms with E-state index in [1.165, 1.54) is 5.56 Å². The Bertz CT molecular complexity index is 444. The van der Waals surface area contributed by atoms with Crippen molar-refractivity contribution >= 4 is 5.97 Å². The fraction of sp³-hybridized carbons (Fsp3) is 0.500. The highest BCUT2D eigenvalue weighted by atomic mass is 16.5. The molecule has 1 aliphatic rings. The van der Waals surface area contributed by atoms with E-state index in [9.17, 15) is 4.79 Å². The van der Waals surface area contributed by atoms with Crippen LogP contribution in [0.15, 0.2) is 40.6 Å². The molecular weight excluding hydrogens is 228 g/mol. The van der Waals surface area contributed by atoms with Gasteiger partial charge >= 0.3 is 5.97 Å². The molecule has 2 rings (SSSR count). The van der Waals surface area contributed by atoms with Crippen molar-refractivity contribution < 1.29 is 9.53 Å². The lowest BCUT2D eigenvalue weighted by atomic mass is 9.98. The van der Waals surface area contributed by atoms with Crippen LogP contribution in [0, 0.1) is 0 Å². The van der Waals surface area contributed by atoms with Crippen LogP contribution in [-0.4, -0.2) is 25.2 Å². The average Bonchev–Trinajstić information content (AvgIpc) is 3.03. The van der Waals surface area contributed by atoms with Gasteiger partial charge in [0.1, 0.15) is 0 Å². The van der Waals surface area contributed by atoms with Gasteiger partial charge in [-0.25, -0.2) is 4.79 Å². The van der Waals surface area contributed by atoms with E-state index in [1.54, 1.807) is 6.92 Å². The van der Waals surface area contributed by atoms with Gasteiger partial charge in [0.25, 0.3) is 0 Å². The van der Waals surface area contributed by atoms with Crippen LogP contribution in [0.25, 0.3) is 0 Å². The molecule has 0 bridgehead atoms. The lowest BCUT2D eigenvalue weighted by Crippen LogP contribution is -2.08. The molecule has 1 aromatic rings. The zero-order valence-corrected chi connectivity index (χ0v) is 10.8. The Labute approximate surface area is 107 Å². The van der Waals surface area contributed by atoms with E-state index >= 15 is 0 Å². The topological polar surface area (TPSA) is 51.0 Å². The summed E-state index contributed by atoms with van der Waals surface area (Å²) in [6.07, 6.45) is 0.989. The number of carbonyl (C=O) groups excluding carboxylic acids is 1. The Morgan fingerprint density at radius 1 is 1.44 bits per heavy atom. The van der Waals surface area contributed by atoms with Gasteiger partial charge in [0, 0.05) is 5.41 Å². The molecule has 0 unspecified atom stereocenters. The maximum atomic E-state index is 11.1. The minimum Gasteiger partial charge on any atom is -0.465 e. The second kappa shape index (κ2) is 5.29. The number of nitrogens with zero attached hydrogens (tertiary/aromatic N) is 2. The van der Waals surface area contributed by atoms with Crippen LogP contribution in [0.4, 0.5) is 0 Å². The first-order valence-corrected chi connectivity index (χ1v) is 6.24. The Morgan fingerprint density at radius 3 is 2.83 bits per heavy atom. The molecule has 18 heavy (non-hydrogen) atoms. The van der Waals surface area contributed by atoms with Crippen LogP contribution in [0.2, 0.25) is 0 Å². The maximum Gasteiger partial charge on any atom is 0.329 e. The molecule has 1 fully saturated rings. The molecule has 0 spiro atoms. The molecule has 4 heteroatoms. The van der Waals surface area contributed by atoms with E-state index in [0.29, 0.717) is 6.61 Å². The second-order valence-corrected chi connectivity index (χ2v) is 4.72. The molecule has 1 saturated carbocycles. The van der Waals surface area contributed by atoms with E-state index < -0.39 is 0 Å². The number of benzene rings is 1. The van der Waals surface area contributed by atoms with E-state index in [0.717, 1.165) is 6.42 Å². The van der Waals surface area contributed by atoms with Crippen molar-refractivity contribution in [1.82, 2.24) is 0 Å². The summed E-state index contributed by atoms with van der Waals surface area (Å²) in [6, 6.07) is 10.5. The van der Waals surface area contributed by atoms with E-state index in [4.69, 9.17) is 4.74 Å². The summed E-state index contributed by atoms with van der Waals surface area (Å²) in [4.78, 5) is 11.1. The number of hydrogen-bond acceptors (Lipinski definition) is 4. The number of ether oxygens (including phenoxy) is 1. The number of azo groups is 1. The van der Waals surface area contributed by atoms with Crippen molar-refractivity contribution in [1.29, 1.82) is 0 Å². The summed E-state index contributed by atoms with van der Waals surface area (Å²) in [5, 5.41) is 8.13. The molecule has 0 N–H and O–H groups in total. The molecule has 0 aliphatic heterocycles. The van der Waals surface area contributed by atoms with Crippen molar-refractivity contribution in [3.05, 3.63) is 35.9 Å². The summed E-state index contributed by atoms with van der Waals surface area (Å²) >= 11 is 0. The molecule has 96 valence electrons. The van der Waals surface area contributed by atoms with Gasteiger partial charge in [0.05, 0.1) is 12.6 Å². The van der Waals surface area contributed by atoms with E-state index in [1.807, 2.05) is 18.2 Å². The van der Waals surface area contributed by atoms with Crippen LogP contribution in [0.5, 0.6) is 0 Å². The van der Waals surface area contributed by atoms with Gasteiger partial charge in [-0.2, -0.15) is 10.2 Å². The maximum absolute atomic E-state index is 11.1. The van der Waals surface area contributed by atoms with Gasteiger partial charge in [0.2, 0.25) is 0 Å². The monoisotopic (exact) mass is 246 g/mol. The highest BCUT2D eigenvalue weighted by Crippen LogP contribution is 2.50. The molecule has 4 nitrogen and oxygen atoms in total. The fourth-order valence-electron chi connectivity index (χ4n) is 2.04. The largest absolute Gasteiger partial charge is 0.465 e. The summed E-state index contributed by atoms with van der Waals surface area (Å²) < 4.78 is 4.79. The quantitative estimate of drug-likeness (QED) is 0.592. The Kier molecular flexibility index (Phi) is 3.75. The summed E-state index contributed by atoms with van der Waals surface area (Å²) in [5.74, 6) is -0.316. The zero-order chi connectivity index (χ0) is 13.0. The number of hydrogen-bond donors (Lipinski definition) is 0. The normalized spacial score (nSPS) is 26.2. The SMILES string of the molecule is CCOC(=O)CN=N[C@@H]1C[C@@]1(C)c1ccccc1. The third kappa shape index (κ3) is 2.75. The first-order valence-electron chi connectivity index (χ1n) is 6.24. The molecule has 0 aromatic heterocycles. The smallest absolute Gasteiger partial charge is 0.329 e. The lowest BCUT2D eigenvalue weighted by Gasteiger charge is -2.08. The predicted molar refractivity (Wildman–Crippen MR) is 68.6 cm³/mol. The molecule has 0 radical (unpaired) electrons. The summed E-state index contributed by atoms with van der Waals surface area (Å²) in [5.41, 5.74) is 1.37. The van der Waals surface area contributed by atoms with Crippen molar-refractivity contribution in [2.45, 2.75) is 31.7 Å². The number of carbonyl (C=O) groups is 1. The van der Waals surface area contributed by atoms with Crippen LogP contribution in [0.1, 0.15) is 25.8 Å². The molecule has 0 saturated heterocycles. The second-order valence-electron chi connectivity index (χ2n) is 4.72. The highest BCUT2D eigenvalue weighted by molar-refractivity contribution is 5.71. The van der Waals surface area contributed by atoms with Crippen molar-refractivity contribution in [3.63, 3.8) is 0 Å². The lowest BCUT2D eigenvalue weighted by molar-refractivity contribution is -0.141. The molecule has 0 amide bonds. The summed E-state index contributed by atoms with van der Waals surface area (Å²) in [7, 11) is 0. The van der Waals surface area contributed by atoms with E-state index in [-0.39, 0.29) is 24.0 Å². The van der Waals surface area contributed by atoms with Gasteiger partial charge in [0.15, 0.2) is 6.54 Å². The van der Waals surface area contributed by atoms with Crippen LogP contribution in [-0.2, 0) is 14.9 Å². The van der Waals surface area contributed by atoms with Gasteiger partial charge in [-0.15, -0.1) is 0 Å². The first kappa shape index (κ1) is 12.7. The molecule has 0 heterocycles. The molecule has 1 aromatic carbocycles. The Balaban J connectivity index is 1.87. The standard InChI is InChI=1S/C14H18N2O2/c1-3-18-13(17)10-15-16-12-9-14(12,2)11-7-5-4-6-8-11/h4-8,12H,3,9-10H2,1-2H3/t12-,14+/m1/s1. The number of rotatable bonds is 5. The van der Waals surface area contributed by atoms with Crippen LogP contribution < -0.4 is 0 Å². The summed E-state index contributed by atoms with van der Waals surface area (Å²) in [6.45, 7) is 4.37. The molecular formula is C14H18N2O2. The van der Waals surface area contributed by atoms with Crippen molar-refractivity contribution in [2.75, 3.05) is 13.2 Å². The van der Waals surface area contributed by atoms with Crippen molar-refractivity contribution in [2.24, 2.45) is 10.2 Å². The third-order valence-corrected chi connectivity index (χ3v) is 3.35. The first-order chi connectivity index (χ1) is 8.66. The fourth-order valence-corrected chi connectivity index (χ4v) is 2.04. The van der Waals surface area contributed by atoms with E-state index in [2.05, 4.69) is 29.3 Å². The minimum atomic E-state index is -0.316. The van der Waals surface area contributed by atoms with Gasteiger partial charge in [-0.1, -0.05) is 37.3 Å². The van der Waals surface area contributed by atoms with Gasteiger partial charge in [-0.05, 0) is 18.9 Å².